The molecular weight excluding hydrogens is 413 g/mol. The number of tetrazole rings is 1. The largest absolute Gasteiger partial charge is 0.439 e. The van der Waals surface area contributed by atoms with E-state index in [0.717, 1.165) is 6.42 Å². The van der Waals surface area contributed by atoms with Gasteiger partial charge < -0.3 is 9.64 Å². The van der Waals surface area contributed by atoms with Crippen molar-refractivity contribution in [2.24, 2.45) is 0 Å². The highest BCUT2D eigenvalue weighted by Crippen LogP contribution is 2.31. The molecule has 1 saturated heterocycles. The van der Waals surface area contributed by atoms with Gasteiger partial charge in [-0.3, -0.25) is 0 Å². The lowest BCUT2D eigenvalue weighted by Gasteiger charge is -2.23. The van der Waals surface area contributed by atoms with Crippen molar-refractivity contribution in [3.63, 3.8) is 0 Å². The summed E-state index contributed by atoms with van der Waals surface area (Å²) in [5.41, 5.74) is 1.87. The van der Waals surface area contributed by atoms with Crippen LogP contribution in [0.25, 0.3) is 0 Å². The van der Waals surface area contributed by atoms with Crippen LogP contribution in [0.1, 0.15) is 29.6 Å². The monoisotopic (exact) mass is 431 g/mol. The van der Waals surface area contributed by atoms with Crippen molar-refractivity contribution < 1.29 is 9.53 Å². The van der Waals surface area contributed by atoms with Crippen LogP contribution in [0.5, 0.6) is 0 Å². The number of amides is 1. The van der Waals surface area contributed by atoms with Gasteiger partial charge in [-0.25, -0.2) is 4.79 Å². The first-order valence-electron chi connectivity index (χ1n) is 9.26. The van der Waals surface area contributed by atoms with Gasteiger partial charge in [0.2, 0.25) is 0 Å². The Morgan fingerprint density at radius 1 is 1.17 bits per heavy atom. The van der Waals surface area contributed by atoms with Gasteiger partial charge in [0.05, 0.1) is 0 Å². The number of ether oxygens (including phenoxy) is 1. The van der Waals surface area contributed by atoms with E-state index in [-0.39, 0.29) is 18.6 Å². The number of rotatable bonds is 5. The molecule has 2 atom stereocenters. The zero-order valence-electron chi connectivity index (χ0n) is 15.5. The Bertz CT molecular complexity index is 965. The van der Waals surface area contributed by atoms with Crippen LogP contribution in [0.4, 0.5) is 4.79 Å². The summed E-state index contributed by atoms with van der Waals surface area (Å²) in [5.74, 6) is 0.260. The van der Waals surface area contributed by atoms with E-state index in [4.69, 9.17) is 27.9 Å². The van der Waals surface area contributed by atoms with E-state index in [1.54, 1.807) is 11.0 Å². The maximum Gasteiger partial charge on any atom is 0.410 e. The van der Waals surface area contributed by atoms with Crippen LogP contribution >= 0.6 is 23.2 Å². The van der Waals surface area contributed by atoms with Crippen LogP contribution in [-0.2, 0) is 11.3 Å². The van der Waals surface area contributed by atoms with Gasteiger partial charge >= 0.3 is 6.09 Å². The molecule has 2 aromatic carbocycles. The Kier molecular flexibility index (Phi) is 5.97. The molecule has 29 heavy (non-hydrogen) atoms. The van der Waals surface area contributed by atoms with Crippen LogP contribution in [0.2, 0.25) is 10.0 Å². The number of halogens is 2. The Labute approximate surface area is 178 Å². The highest BCUT2D eigenvalue weighted by Gasteiger charge is 2.31. The van der Waals surface area contributed by atoms with Gasteiger partial charge in [-0.1, -0.05) is 53.5 Å². The normalized spacial score (nSPS) is 17.3. The summed E-state index contributed by atoms with van der Waals surface area (Å²) in [6.45, 7) is 1.45. The fourth-order valence-corrected chi connectivity index (χ4v) is 3.87. The minimum Gasteiger partial charge on any atom is -0.439 e. The van der Waals surface area contributed by atoms with Crippen molar-refractivity contribution in [2.75, 3.05) is 13.1 Å². The van der Waals surface area contributed by atoms with Gasteiger partial charge in [0.25, 0.3) is 0 Å². The summed E-state index contributed by atoms with van der Waals surface area (Å²) in [4.78, 5) is 16.0. The lowest BCUT2D eigenvalue weighted by atomic mass is 9.99. The zero-order chi connectivity index (χ0) is 20.2. The molecule has 0 N–H and O–H groups in total. The second-order valence-electron chi connectivity index (χ2n) is 6.87. The summed E-state index contributed by atoms with van der Waals surface area (Å²) >= 11 is 12.3. The minimum absolute atomic E-state index is 0.226. The topological polar surface area (TPSA) is 73.1 Å². The van der Waals surface area contributed by atoms with Crippen LogP contribution in [-0.4, -0.2) is 44.3 Å². The average Bonchev–Trinajstić information content (AvgIpc) is 3.40. The number of likely N-dealkylation sites (tertiary alicyclic amines) is 1. The highest BCUT2D eigenvalue weighted by atomic mass is 35.5. The quantitative estimate of drug-likeness (QED) is 0.600. The first kappa shape index (κ1) is 19.7. The third-order valence-electron chi connectivity index (χ3n) is 5.00. The summed E-state index contributed by atoms with van der Waals surface area (Å²) in [6.07, 6.45) is 1.20. The molecule has 0 radical (unpaired) electrons. The number of benzene rings is 2. The molecule has 2 unspecified atom stereocenters. The maximum absolute atomic E-state index is 12.9. The molecule has 1 aliphatic heterocycles. The standard InChI is InChI=1S/C20H19Cl2N5O2/c21-16-7-5-14(6-8-16)15-9-10-26(11-15)20(28)29-19(12-27-24-13-23-25-27)17-3-1-2-4-18(17)22/h1-8,13,15,19H,9-12H2. The van der Waals surface area contributed by atoms with Gasteiger partial charge in [-0.2, -0.15) is 4.80 Å². The molecule has 0 bridgehead atoms. The van der Waals surface area contributed by atoms with Crippen molar-refractivity contribution in [1.82, 2.24) is 25.1 Å². The molecule has 7 nitrogen and oxygen atoms in total. The van der Waals surface area contributed by atoms with Crippen LogP contribution in [0, 0.1) is 0 Å². The second-order valence-corrected chi connectivity index (χ2v) is 7.71. The molecule has 1 fully saturated rings. The SMILES string of the molecule is O=C(OC(Cn1ncnn1)c1ccccc1Cl)N1CCC(c2ccc(Cl)cc2)C1. The molecule has 0 saturated carbocycles. The number of carbonyl (C=O) groups is 1. The van der Waals surface area contributed by atoms with E-state index in [1.165, 1.54) is 16.7 Å². The second kappa shape index (κ2) is 8.80. The molecule has 1 aliphatic rings. The maximum atomic E-state index is 12.9. The lowest BCUT2D eigenvalue weighted by Crippen LogP contribution is -2.31. The Morgan fingerprint density at radius 2 is 1.97 bits per heavy atom. The fourth-order valence-electron chi connectivity index (χ4n) is 3.49. The van der Waals surface area contributed by atoms with Crippen molar-refractivity contribution in [3.05, 3.63) is 76.0 Å². The average molecular weight is 432 g/mol. The van der Waals surface area contributed by atoms with E-state index >= 15 is 0 Å². The van der Waals surface area contributed by atoms with E-state index in [1.807, 2.05) is 42.5 Å². The van der Waals surface area contributed by atoms with Gasteiger partial charge in [0, 0.05) is 34.6 Å². The van der Waals surface area contributed by atoms with Gasteiger partial charge in [0.1, 0.15) is 6.54 Å². The fraction of sp³-hybridized carbons (Fsp3) is 0.300. The van der Waals surface area contributed by atoms with Crippen molar-refractivity contribution in [3.8, 4) is 0 Å². The smallest absolute Gasteiger partial charge is 0.410 e. The van der Waals surface area contributed by atoms with Crippen LogP contribution in [0.3, 0.4) is 0 Å². The molecule has 2 heterocycles. The Hall–Kier alpha value is -2.64. The summed E-state index contributed by atoms with van der Waals surface area (Å²) in [7, 11) is 0. The Balaban J connectivity index is 1.46. The van der Waals surface area contributed by atoms with Gasteiger partial charge in [-0.05, 0) is 35.4 Å². The number of hydrogen-bond acceptors (Lipinski definition) is 5. The first-order valence-corrected chi connectivity index (χ1v) is 10.0. The Morgan fingerprint density at radius 3 is 2.69 bits per heavy atom. The number of aromatic nitrogens is 4. The molecule has 150 valence electrons. The highest BCUT2D eigenvalue weighted by molar-refractivity contribution is 6.31. The number of carbonyl (C=O) groups excluding carboxylic acids is 1. The van der Waals surface area contributed by atoms with Crippen LogP contribution < -0.4 is 0 Å². The summed E-state index contributed by atoms with van der Waals surface area (Å²) in [5, 5.41) is 12.8. The van der Waals surface area contributed by atoms with E-state index in [9.17, 15) is 4.79 Å². The van der Waals surface area contributed by atoms with Gasteiger partial charge in [0.15, 0.2) is 12.4 Å². The molecule has 4 rings (SSSR count). The number of nitrogens with zero attached hydrogens (tertiary/aromatic N) is 5. The van der Waals surface area contributed by atoms with E-state index < -0.39 is 6.10 Å². The third kappa shape index (κ3) is 4.68. The van der Waals surface area contributed by atoms with Crippen molar-refractivity contribution in [2.45, 2.75) is 25.0 Å². The van der Waals surface area contributed by atoms with E-state index in [2.05, 4.69) is 15.4 Å². The van der Waals surface area contributed by atoms with Crippen molar-refractivity contribution >= 4 is 29.3 Å². The first-order chi connectivity index (χ1) is 14.1. The molecule has 9 heteroatoms. The molecule has 3 aromatic rings. The zero-order valence-corrected chi connectivity index (χ0v) is 17.0. The molecular formula is C20H19Cl2N5O2. The van der Waals surface area contributed by atoms with Crippen LogP contribution in [0.15, 0.2) is 54.9 Å². The third-order valence-corrected chi connectivity index (χ3v) is 5.60. The molecule has 0 aliphatic carbocycles. The number of hydrogen-bond donors (Lipinski definition) is 0. The minimum atomic E-state index is -0.625. The molecule has 1 aromatic heterocycles. The van der Waals surface area contributed by atoms with Crippen molar-refractivity contribution in [1.29, 1.82) is 0 Å². The molecule has 0 spiro atoms. The lowest BCUT2D eigenvalue weighted by molar-refractivity contribution is 0.0556. The molecule has 1 amide bonds. The predicted molar refractivity (Wildman–Crippen MR) is 109 cm³/mol. The van der Waals surface area contributed by atoms with E-state index in [0.29, 0.717) is 28.7 Å². The summed E-state index contributed by atoms with van der Waals surface area (Å²) in [6, 6.07) is 15.0. The summed E-state index contributed by atoms with van der Waals surface area (Å²) < 4.78 is 5.83. The predicted octanol–water partition coefficient (Wildman–Crippen LogP) is 4.35. The van der Waals surface area contributed by atoms with Gasteiger partial charge in [-0.15, -0.1) is 10.2 Å².